The summed E-state index contributed by atoms with van der Waals surface area (Å²) in [5.74, 6) is 0. The zero-order valence-corrected chi connectivity index (χ0v) is 12.0. The van der Waals surface area contributed by atoms with Crippen molar-refractivity contribution in [1.82, 2.24) is 5.32 Å². The molecule has 0 bridgehead atoms. The third-order valence-electron chi connectivity index (χ3n) is 1.79. The third kappa shape index (κ3) is 8.68. The van der Waals surface area contributed by atoms with Gasteiger partial charge in [-0.1, -0.05) is 0 Å². The predicted octanol–water partition coefficient (Wildman–Crippen LogP) is 2.65. The van der Waals surface area contributed by atoms with Gasteiger partial charge in [0.05, 0.1) is 0 Å². The van der Waals surface area contributed by atoms with Crippen molar-refractivity contribution in [1.29, 1.82) is 0 Å². The minimum absolute atomic E-state index is 1.12. The molecule has 0 aliphatic rings. The summed E-state index contributed by atoms with van der Waals surface area (Å²) < 4.78 is 6.22. The Labute approximate surface area is 85.3 Å². The van der Waals surface area contributed by atoms with E-state index in [2.05, 4.69) is 38.1 Å². The molecule has 0 atom stereocenters. The molecular formula is C9H25NOSi2. The summed E-state index contributed by atoms with van der Waals surface area (Å²) in [4.78, 5) is 0. The van der Waals surface area contributed by atoms with E-state index in [0.717, 1.165) is 6.54 Å². The van der Waals surface area contributed by atoms with Gasteiger partial charge in [0.15, 0.2) is 16.6 Å². The Morgan fingerprint density at radius 3 is 2.00 bits per heavy atom. The molecule has 0 saturated heterocycles. The van der Waals surface area contributed by atoms with Crippen LogP contribution in [-0.4, -0.2) is 30.2 Å². The highest BCUT2D eigenvalue weighted by molar-refractivity contribution is 6.84. The van der Waals surface area contributed by atoms with Crippen LogP contribution in [0.15, 0.2) is 0 Å². The maximum atomic E-state index is 6.22. The first-order valence-electron chi connectivity index (χ1n) is 5.12. The van der Waals surface area contributed by atoms with Crippen molar-refractivity contribution in [2.75, 3.05) is 13.6 Å². The van der Waals surface area contributed by atoms with Crippen LogP contribution in [0.5, 0.6) is 0 Å². The topological polar surface area (TPSA) is 21.3 Å². The van der Waals surface area contributed by atoms with Gasteiger partial charge in [-0.05, 0) is 58.8 Å². The molecule has 4 heteroatoms. The van der Waals surface area contributed by atoms with E-state index in [-0.39, 0.29) is 0 Å². The van der Waals surface area contributed by atoms with Crippen molar-refractivity contribution >= 4 is 16.6 Å². The van der Waals surface area contributed by atoms with Crippen LogP contribution in [-0.2, 0) is 4.12 Å². The minimum atomic E-state index is -1.35. The maximum absolute atomic E-state index is 6.22. The second kappa shape index (κ2) is 5.29. The molecule has 0 amide bonds. The summed E-state index contributed by atoms with van der Waals surface area (Å²) in [7, 11) is -0.658. The molecule has 0 aromatic rings. The third-order valence-corrected chi connectivity index (χ3v) is 8.01. The van der Waals surface area contributed by atoms with Gasteiger partial charge in [0, 0.05) is 0 Å². The molecule has 0 fully saturated rings. The quantitative estimate of drug-likeness (QED) is 0.548. The zero-order valence-electron chi connectivity index (χ0n) is 10.0. The van der Waals surface area contributed by atoms with E-state index in [9.17, 15) is 0 Å². The van der Waals surface area contributed by atoms with Crippen molar-refractivity contribution in [2.24, 2.45) is 0 Å². The summed E-state index contributed by atoms with van der Waals surface area (Å²) in [5, 5.41) is 3.18. The lowest BCUT2D eigenvalue weighted by molar-refractivity contribution is 0.542. The molecule has 0 spiro atoms. The molecule has 0 aliphatic heterocycles. The highest BCUT2D eigenvalue weighted by atomic mass is 28.4. The van der Waals surface area contributed by atoms with Crippen LogP contribution >= 0.6 is 0 Å². The average molecular weight is 219 g/mol. The van der Waals surface area contributed by atoms with Gasteiger partial charge in [-0.2, -0.15) is 0 Å². The Balaban J connectivity index is 3.80. The molecule has 0 aliphatic carbocycles. The Morgan fingerprint density at radius 1 is 1.08 bits per heavy atom. The normalized spacial score (nSPS) is 13.4. The summed E-state index contributed by atoms with van der Waals surface area (Å²) in [6.07, 6.45) is 1.25. The molecule has 0 aromatic carbocycles. The summed E-state index contributed by atoms with van der Waals surface area (Å²) in [5.41, 5.74) is 0. The van der Waals surface area contributed by atoms with E-state index in [4.69, 9.17) is 4.12 Å². The summed E-state index contributed by atoms with van der Waals surface area (Å²) in [6, 6.07) is 1.28. The molecule has 0 radical (unpaired) electrons. The number of hydrogen-bond acceptors (Lipinski definition) is 2. The van der Waals surface area contributed by atoms with Gasteiger partial charge in [-0.3, -0.25) is 0 Å². The molecule has 2 nitrogen and oxygen atoms in total. The fourth-order valence-electron chi connectivity index (χ4n) is 1.57. The molecule has 0 unspecified atom stereocenters. The fraction of sp³-hybridized carbons (Fsp3) is 1.00. The van der Waals surface area contributed by atoms with Gasteiger partial charge >= 0.3 is 0 Å². The van der Waals surface area contributed by atoms with Crippen LogP contribution in [0, 0.1) is 0 Å². The first kappa shape index (κ1) is 13.4. The van der Waals surface area contributed by atoms with Crippen molar-refractivity contribution in [3.8, 4) is 0 Å². The van der Waals surface area contributed by atoms with Crippen molar-refractivity contribution in [3.63, 3.8) is 0 Å². The molecule has 80 valence electrons. The van der Waals surface area contributed by atoms with Crippen molar-refractivity contribution in [2.45, 2.75) is 45.2 Å². The van der Waals surface area contributed by atoms with Crippen LogP contribution in [0.2, 0.25) is 38.8 Å². The molecule has 0 saturated carbocycles. The van der Waals surface area contributed by atoms with Gasteiger partial charge in [0.25, 0.3) is 0 Å². The molecule has 0 rings (SSSR count). The van der Waals surface area contributed by atoms with E-state index in [0.29, 0.717) is 0 Å². The zero-order chi connectivity index (χ0) is 10.5. The Morgan fingerprint density at radius 2 is 1.62 bits per heavy atom. The molecule has 0 heterocycles. The molecular weight excluding hydrogens is 194 g/mol. The van der Waals surface area contributed by atoms with Gasteiger partial charge in [0.1, 0.15) is 0 Å². The lowest BCUT2D eigenvalue weighted by Gasteiger charge is -2.31. The van der Waals surface area contributed by atoms with E-state index in [1.807, 2.05) is 7.05 Å². The van der Waals surface area contributed by atoms with Gasteiger partial charge in [-0.15, -0.1) is 0 Å². The van der Waals surface area contributed by atoms with Gasteiger partial charge in [-0.25, -0.2) is 0 Å². The number of nitrogens with one attached hydrogen (secondary N) is 1. The van der Waals surface area contributed by atoms with Crippen molar-refractivity contribution in [3.05, 3.63) is 0 Å². The maximum Gasteiger partial charge on any atom is 0.173 e. The largest absolute Gasteiger partial charge is 0.456 e. The molecule has 13 heavy (non-hydrogen) atoms. The standard InChI is InChI=1S/C9H25NOSi2/c1-10-8-7-9-13(5,6)11-12(2,3)4/h10H,7-9H2,1-6H3. The van der Waals surface area contributed by atoms with Crippen LogP contribution in [0.3, 0.4) is 0 Å². The van der Waals surface area contributed by atoms with E-state index >= 15 is 0 Å². The monoisotopic (exact) mass is 219 g/mol. The second-order valence-corrected chi connectivity index (χ2v) is 14.2. The molecule has 1 N–H and O–H groups in total. The van der Waals surface area contributed by atoms with Crippen LogP contribution in [0.1, 0.15) is 6.42 Å². The fourth-order valence-corrected chi connectivity index (χ4v) is 9.64. The van der Waals surface area contributed by atoms with Crippen LogP contribution in [0.4, 0.5) is 0 Å². The number of hydrogen-bond donors (Lipinski definition) is 1. The first-order chi connectivity index (χ1) is 5.77. The summed E-state index contributed by atoms with van der Waals surface area (Å²) in [6.45, 7) is 12.6. The Bertz CT molecular complexity index is 143. The SMILES string of the molecule is CNCCC[Si](C)(C)O[Si](C)(C)C. The highest BCUT2D eigenvalue weighted by Crippen LogP contribution is 2.19. The smallest absolute Gasteiger partial charge is 0.173 e. The lowest BCUT2D eigenvalue weighted by atomic mass is 10.5. The summed E-state index contributed by atoms with van der Waals surface area (Å²) >= 11 is 0. The van der Waals surface area contributed by atoms with Gasteiger partial charge in [0.2, 0.25) is 0 Å². The average Bonchev–Trinajstić information content (AvgIpc) is 1.81. The second-order valence-electron chi connectivity index (χ2n) is 5.18. The predicted molar refractivity (Wildman–Crippen MR) is 65.3 cm³/mol. The van der Waals surface area contributed by atoms with Gasteiger partial charge < -0.3 is 9.43 Å². The van der Waals surface area contributed by atoms with E-state index in [1.54, 1.807) is 0 Å². The Hall–Kier alpha value is 0.354. The van der Waals surface area contributed by atoms with E-state index < -0.39 is 16.6 Å². The Kier molecular flexibility index (Phi) is 5.43. The minimum Gasteiger partial charge on any atom is -0.456 e. The first-order valence-corrected chi connectivity index (χ1v) is 11.6. The molecule has 0 aromatic heterocycles. The number of rotatable bonds is 6. The van der Waals surface area contributed by atoms with E-state index in [1.165, 1.54) is 12.5 Å². The van der Waals surface area contributed by atoms with Crippen molar-refractivity contribution < 1.29 is 4.12 Å². The highest BCUT2D eigenvalue weighted by Gasteiger charge is 2.28. The van der Waals surface area contributed by atoms with Crippen LogP contribution < -0.4 is 5.32 Å². The lowest BCUT2D eigenvalue weighted by Crippen LogP contribution is -2.42. The van der Waals surface area contributed by atoms with Crippen LogP contribution in [0.25, 0.3) is 0 Å².